The van der Waals surface area contributed by atoms with Crippen LogP contribution in [0.25, 0.3) is 32.7 Å². The molecule has 0 radical (unpaired) electrons. The zero-order valence-electron chi connectivity index (χ0n) is 15.9. The molecule has 27 heavy (non-hydrogen) atoms. The molecule has 136 valence electrons. The Labute approximate surface area is 160 Å². The molecule has 0 aliphatic carbocycles. The molecule has 0 spiro atoms. The van der Waals surface area contributed by atoms with Gasteiger partial charge in [0.1, 0.15) is 11.5 Å². The Morgan fingerprint density at radius 3 is 2.11 bits per heavy atom. The minimum absolute atomic E-state index is 0.625. The van der Waals surface area contributed by atoms with Crippen LogP contribution in [0.5, 0.6) is 11.5 Å². The average Bonchev–Trinajstić information content (AvgIpc) is 2.72. The molecular formula is C25H24O2. The summed E-state index contributed by atoms with van der Waals surface area (Å²) in [6.07, 6.45) is 0.975. The van der Waals surface area contributed by atoms with Crippen LogP contribution in [0.1, 0.15) is 20.3 Å². The summed E-state index contributed by atoms with van der Waals surface area (Å²) in [5, 5.41) is 4.70. The first-order chi connectivity index (χ1) is 13.3. The predicted octanol–water partition coefficient (Wildman–Crippen LogP) is 6.85. The van der Waals surface area contributed by atoms with E-state index in [4.69, 9.17) is 9.47 Å². The van der Waals surface area contributed by atoms with E-state index in [1.807, 2.05) is 6.92 Å². The van der Waals surface area contributed by atoms with Crippen molar-refractivity contribution in [1.29, 1.82) is 0 Å². The molecule has 4 aromatic carbocycles. The van der Waals surface area contributed by atoms with E-state index in [9.17, 15) is 0 Å². The Hall–Kier alpha value is -3.00. The van der Waals surface area contributed by atoms with Crippen molar-refractivity contribution < 1.29 is 9.47 Å². The van der Waals surface area contributed by atoms with E-state index in [1.165, 1.54) is 16.2 Å². The summed E-state index contributed by atoms with van der Waals surface area (Å²) in [6.45, 7) is 5.48. The molecular weight excluding hydrogens is 332 g/mol. The van der Waals surface area contributed by atoms with Crippen LogP contribution < -0.4 is 9.47 Å². The van der Waals surface area contributed by atoms with E-state index in [-0.39, 0.29) is 0 Å². The first-order valence-corrected chi connectivity index (χ1v) is 9.62. The summed E-state index contributed by atoms with van der Waals surface area (Å²) < 4.78 is 12.3. The summed E-state index contributed by atoms with van der Waals surface area (Å²) in [5.74, 6) is 1.83. The second-order valence-electron chi connectivity index (χ2n) is 6.64. The molecule has 0 amide bonds. The van der Waals surface area contributed by atoms with E-state index in [1.54, 1.807) is 0 Å². The molecule has 0 aromatic heterocycles. The number of fused-ring (bicyclic) bond motifs is 2. The Morgan fingerprint density at radius 1 is 0.667 bits per heavy atom. The molecule has 0 fully saturated rings. The molecule has 0 heterocycles. The lowest BCUT2D eigenvalue weighted by Gasteiger charge is -2.17. The van der Waals surface area contributed by atoms with Crippen molar-refractivity contribution in [3.63, 3.8) is 0 Å². The molecule has 0 aliphatic rings. The van der Waals surface area contributed by atoms with Crippen LogP contribution in [0.15, 0.2) is 72.8 Å². The van der Waals surface area contributed by atoms with Crippen molar-refractivity contribution in [3.8, 4) is 22.6 Å². The summed E-state index contributed by atoms with van der Waals surface area (Å²) in [4.78, 5) is 0. The van der Waals surface area contributed by atoms with Crippen molar-refractivity contribution >= 4 is 21.5 Å². The smallest absolute Gasteiger partial charge is 0.135 e. The lowest BCUT2D eigenvalue weighted by molar-refractivity contribution is 0.318. The van der Waals surface area contributed by atoms with Crippen LogP contribution in [-0.2, 0) is 0 Å². The molecule has 0 atom stereocenters. The first-order valence-electron chi connectivity index (χ1n) is 9.62. The quantitative estimate of drug-likeness (QED) is 0.376. The van der Waals surface area contributed by atoms with Gasteiger partial charge in [0.2, 0.25) is 0 Å². The lowest BCUT2D eigenvalue weighted by atomic mass is 9.96. The largest absolute Gasteiger partial charge is 0.493 e. The van der Waals surface area contributed by atoms with Gasteiger partial charge in [0.05, 0.1) is 13.2 Å². The Morgan fingerprint density at radius 2 is 1.37 bits per heavy atom. The molecule has 4 rings (SSSR count). The van der Waals surface area contributed by atoms with Crippen LogP contribution in [0.2, 0.25) is 0 Å². The summed E-state index contributed by atoms with van der Waals surface area (Å²) in [5.41, 5.74) is 2.16. The summed E-state index contributed by atoms with van der Waals surface area (Å²) in [7, 11) is 0. The molecule has 4 aromatic rings. The van der Waals surface area contributed by atoms with Crippen molar-refractivity contribution in [2.45, 2.75) is 20.3 Å². The standard InChI is InChI=1S/C25H24O2/c1-3-15-27-24-17-20-11-6-5-10-19(20)16-23(24)22-14-13-18-9-7-8-12-21(18)25(22)26-4-2/h5-14,16-17H,3-4,15H2,1-2H3. The van der Waals surface area contributed by atoms with Crippen molar-refractivity contribution in [3.05, 3.63) is 72.8 Å². The first kappa shape index (κ1) is 17.4. The highest BCUT2D eigenvalue weighted by Gasteiger charge is 2.16. The molecule has 0 saturated carbocycles. The van der Waals surface area contributed by atoms with Crippen molar-refractivity contribution in [1.82, 2.24) is 0 Å². The van der Waals surface area contributed by atoms with Gasteiger partial charge >= 0.3 is 0 Å². The number of ether oxygens (including phenoxy) is 2. The average molecular weight is 356 g/mol. The minimum atomic E-state index is 0.625. The van der Waals surface area contributed by atoms with Gasteiger partial charge < -0.3 is 9.47 Å². The van der Waals surface area contributed by atoms with E-state index in [0.29, 0.717) is 13.2 Å². The lowest BCUT2D eigenvalue weighted by Crippen LogP contribution is -2.00. The third kappa shape index (κ3) is 3.35. The highest BCUT2D eigenvalue weighted by Crippen LogP contribution is 2.42. The van der Waals surface area contributed by atoms with Gasteiger partial charge in [0.25, 0.3) is 0 Å². The number of hydrogen-bond donors (Lipinski definition) is 0. The molecule has 0 unspecified atom stereocenters. The Balaban J connectivity index is 1.98. The van der Waals surface area contributed by atoms with Crippen molar-refractivity contribution in [2.24, 2.45) is 0 Å². The third-order valence-electron chi connectivity index (χ3n) is 4.77. The van der Waals surface area contributed by atoms with E-state index >= 15 is 0 Å². The number of hydrogen-bond acceptors (Lipinski definition) is 2. The zero-order chi connectivity index (χ0) is 18.6. The topological polar surface area (TPSA) is 18.5 Å². The molecule has 0 aliphatic heterocycles. The van der Waals surface area contributed by atoms with Gasteiger partial charge in [0.15, 0.2) is 0 Å². The van der Waals surface area contributed by atoms with Crippen LogP contribution in [0.3, 0.4) is 0 Å². The highest BCUT2D eigenvalue weighted by atomic mass is 16.5. The van der Waals surface area contributed by atoms with Gasteiger partial charge in [-0.15, -0.1) is 0 Å². The van der Waals surface area contributed by atoms with Gasteiger partial charge in [-0.2, -0.15) is 0 Å². The predicted molar refractivity (Wildman–Crippen MR) is 114 cm³/mol. The van der Waals surface area contributed by atoms with E-state index < -0.39 is 0 Å². The summed E-state index contributed by atoms with van der Waals surface area (Å²) in [6, 6.07) is 25.4. The van der Waals surface area contributed by atoms with Gasteiger partial charge in [0, 0.05) is 16.5 Å². The van der Waals surface area contributed by atoms with Crippen molar-refractivity contribution in [2.75, 3.05) is 13.2 Å². The maximum Gasteiger partial charge on any atom is 0.135 e. The SMILES string of the molecule is CCCOc1cc2ccccc2cc1-c1ccc2ccccc2c1OCC. The zero-order valence-corrected chi connectivity index (χ0v) is 15.9. The molecule has 2 heteroatoms. The van der Waals surface area contributed by atoms with Crippen LogP contribution in [0, 0.1) is 0 Å². The maximum absolute atomic E-state index is 6.14. The van der Waals surface area contributed by atoms with Crippen LogP contribution in [-0.4, -0.2) is 13.2 Å². The van der Waals surface area contributed by atoms with Crippen LogP contribution in [0.4, 0.5) is 0 Å². The van der Waals surface area contributed by atoms with E-state index in [0.717, 1.165) is 34.4 Å². The fourth-order valence-corrected chi connectivity index (χ4v) is 3.52. The van der Waals surface area contributed by atoms with Gasteiger partial charge in [-0.05, 0) is 47.7 Å². The second kappa shape index (κ2) is 7.71. The van der Waals surface area contributed by atoms with Gasteiger partial charge in [-0.3, -0.25) is 0 Å². The van der Waals surface area contributed by atoms with Gasteiger partial charge in [-0.1, -0.05) is 61.5 Å². The molecule has 0 N–H and O–H groups in total. The number of benzene rings is 4. The highest BCUT2D eigenvalue weighted by molar-refractivity contribution is 5.98. The van der Waals surface area contributed by atoms with Crippen LogP contribution >= 0.6 is 0 Å². The number of rotatable bonds is 6. The fourth-order valence-electron chi connectivity index (χ4n) is 3.52. The second-order valence-corrected chi connectivity index (χ2v) is 6.64. The maximum atomic E-state index is 6.14. The monoisotopic (exact) mass is 356 g/mol. The van der Waals surface area contributed by atoms with E-state index in [2.05, 4.69) is 79.7 Å². The third-order valence-corrected chi connectivity index (χ3v) is 4.77. The molecule has 0 saturated heterocycles. The Bertz CT molecular complexity index is 1080. The minimum Gasteiger partial charge on any atom is -0.493 e. The normalized spacial score (nSPS) is 11.0. The molecule has 0 bridgehead atoms. The Kier molecular flexibility index (Phi) is 4.97. The fraction of sp³-hybridized carbons (Fsp3) is 0.200. The van der Waals surface area contributed by atoms with Gasteiger partial charge in [-0.25, -0.2) is 0 Å². The molecule has 2 nitrogen and oxygen atoms in total. The summed E-state index contributed by atoms with van der Waals surface area (Å²) >= 11 is 0.